The van der Waals surface area contributed by atoms with Crippen LogP contribution in [0.4, 0.5) is 0 Å². The van der Waals surface area contributed by atoms with E-state index in [2.05, 4.69) is 87.7 Å². The number of aromatic nitrogens is 3. The Morgan fingerprint density at radius 2 is 1.45 bits per heavy atom. The molecule has 40 heavy (non-hydrogen) atoms. The quantitative estimate of drug-likeness (QED) is 0.129. The summed E-state index contributed by atoms with van der Waals surface area (Å²) in [6, 6.07) is 39.1. The molecule has 0 aliphatic carbocycles. The Kier molecular flexibility index (Phi) is 9.43. The van der Waals surface area contributed by atoms with Gasteiger partial charge in [-0.15, -0.1) is 10.2 Å². The van der Waals surface area contributed by atoms with Gasteiger partial charge in [-0.05, 0) is 49.4 Å². The van der Waals surface area contributed by atoms with Crippen molar-refractivity contribution < 1.29 is 4.79 Å². The zero-order valence-electron chi connectivity index (χ0n) is 22.7. The largest absolute Gasteiger partial charge is 0.349 e. The second-order valence-electron chi connectivity index (χ2n) is 9.87. The number of para-hydroxylation sites is 1. The molecule has 1 atom stereocenters. The molecule has 5 aromatic rings. The van der Waals surface area contributed by atoms with Crippen molar-refractivity contribution in [1.82, 2.24) is 20.1 Å². The van der Waals surface area contributed by atoms with Gasteiger partial charge in [0, 0.05) is 23.4 Å². The van der Waals surface area contributed by atoms with Crippen LogP contribution in [0.2, 0.25) is 0 Å². The van der Waals surface area contributed by atoms with E-state index >= 15 is 0 Å². The Morgan fingerprint density at radius 3 is 2.15 bits per heavy atom. The summed E-state index contributed by atoms with van der Waals surface area (Å²) >= 11 is 1.68. The monoisotopic (exact) mass is 546 g/mol. The van der Waals surface area contributed by atoms with Crippen LogP contribution in [-0.4, -0.2) is 26.4 Å². The van der Waals surface area contributed by atoms with Crippen LogP contribution in [0.5, 0.6) is 0 Å². The van der Waals surface area contributed by atoms with Gasteiger partial charge in [-0.25, -0.2) is 0 Å². The Labute approximate surface area is 240 Å². The number of hydrogen-bond donors (Lipinski definition) is 1. The second-order valence-corrected chi connectivity index (χ2v) is 10.9. The van der Waals surface area contributed by atoms with Crippen LogP contribution < -0.4 is 5.32 Å². The highest BCUT2D eigenvalue weighted by molar-refractivity contribution is 7.99. The maximum atomic E-state index is 12.9. The molecule has 0 saturated heterocycles. The lowest BCUT2D eigenvalue weighted by Gasteiger charge is -2.19. The molecule has 0 saturated carbocycles. The third-order valence-electron chi connectivity index (χ3n) is 6.81. The first kappa shape index (κ1) is 27.4. The maximum absolute atomic E-state index is 12.9. The minimum Gasteiger partial charge on any atom is -0.349 e. The third-order valence-corrected chi connectivity index (χ3v) is 7.82. The highest BCUT2D eigenvalue weighted by Gasteiger charge is 2.17. The van der Waals surface area contributed by atoms with Crippen molar-refractivity contribution in [3.63, 3.8) is 0 Å². The number of thioether (sulfide) groups is 1. The number of benzene rings is 4. The molecule has 0 bridgehead atoms. The second kappa shape index (κ2) is 13.8. The summed E-state index contributed by atoms with van der Waals surface area (Å²) in [4.78, 5) is 12.9. The van der Waals surface area contributed by atoms with Crippen LogP contribution in [0.25, 0.3) is 17.1 Å². The van der Waals surface area contributed by atoms with Gasteiger partial charge in [0.25, 0.3) is 0 Å². The molecular weight excluding hydrogens is 512 g/mol. The van der Waals surface area contributed by atoms with Gasteiger partial charge < -0.3 is 5.32 Å². The van der Waals surface area contributed by atoms with E-state index in [0.717, 1.165) is 52.8 Å². The molecule has 0 aliphatic heterocycles. The van der Waals surface area contributed by atoms with Gasteiger partial charge in [-0.1, -0.05) is 120 Å². The number of unbranched alkanes of at least 4 members (excludes halogenated alkanes) is 1. The normalized spacial score (nSPS) is 11.7. The Hall–Kier alpha value is -4.16. The first-order valence-electron chi connectivity index (χ1n) is 13.8. The summed E-state index contributed by atoms with van der Waals surface area (Å²) in [5.41, 5.74) is 5.62. The van der Waals surface area contributed by atoms with Crippen LogP contribution >= 0.6 is 11.8 Å². The van der Waals surface area contributed by atoms with Gasteiger partial charge in [0.15, 0.2) is 11.0 Å². The lowest BCUT2D eigenvalue weighted by Crippen LogP contribution is -2.29. The SMILES string of the molecule is Cc1ccc(-c2nnc(SCCCCC(=O)NC(Cc3ccccc3)c3ccccc3)n2-c2ccccc2)cc1. The number of hydrogen-bond acceptors (Lipinski definition) is 4. The van der Waals surface area contributed by atoms with E-state index < -0.39 is 0 Å². The van der Waals surface area contributed by atoms with Gasteiger partial charge in [0.1, 0.15) is 0 Å². The molecule has 1 N–H and O–H groups in total. The van der Waals surface area contributed by atoms with E-state index in [0.29, 0.717) is 6.42 Å². The van der Waals surface area contributed by atoms with Crippen LogP contribution in [0.3, 0.4) is 0 Å². The van der Waals surface area contributed by atoms with Crippen molar-refractivity contribution in [2.24, 2.45) is 0 Å². The van der Waals surface area contributed by atoms with E-state index in [1.165, 1.54) is 11.1 Å². The molecule has 1 heterocycles. The highest BCUT2D eigenvalue weighted by Crippen LogP contribution is 2.29. The maximum Gasteiger partial charge on any atom is 0.220 e. The number of nitrogens with one attached hydrogen (secondary N) is 1. The van der Waals surface area contributed by atoms with E-state index in [1.54, 1.807) is 11.8 Å². The first-order valence-corrected chi connectivity index (χ1v) is 14.7. The van der Waals surface area contributed by atoms with Crippen molar-refractivity contribution in [3.8, 4) is 17.1 Å². The predicted octanol–water partition coefficient (Wildman–Crippen LogP) is 7.61. The van der Waals surface area contributed by atoms with Crippen molar-refractivity contribution >= 4 is 17.7 Å². The molecule has 202 valence electrons. The molecule has 0 spiro atoms. The van der Waals surface area contributed by atoms with Crippen LogP contribution in [0.1, 0.15) is 42.0 Å². The van der Waals surface area contributed by atoms with Crippen LogP contribution in [-0.2, 0) is 11.2 Å². The van der Waals surface area contributed by atoms with Gasteiger partial charge in [0.05, 0.1) is 6.04 Å². The number of aryl methyl sites for hydroxylation is 1. The molecule has 1 unspecified atom stereocenters. The first-order chi connectivity index (χ1) is 19.7. The molecule has 0 fully saturated rings. The highest BCUT2D eigenvalue weighted by atomic mass is 32.2. The van der Waals surface area contributed by atoms with Gasteiger partial charge in [-0.2, -0.15) is 0 Å². The number of amides is 1. The van der Waals surface area contributed by atoms with Crippen molar-refractivity contribution in [1.29, 1.82) is 0 Å². The van der Waals surface area contributed by atoms with Crippen molar-refractivity contribution in [2.75, 3.05) is 5.75 Å². The summed E-state index contributed by atoms with van der Waals surface area (Å²) in [5, 5.41) is 13.2. The molecule has 1 aromatic heterocycles. The summed E-state index contributed by atoms with van der Waals surface area (Å²) < 4.78 is 2.12. The van der Waals surface area contributed by atoms with Crippen molar-refractivity contribution in [2.45, 2.75) is 43.8 Å². The van der Waals surface area contributed by atoms with E-state index in [9.17, 15) is 4.79 Å². The molecule has 0 aliphatic rings. The average molecular weight is 547 g/mol. The average Bonchev–Trinajstić information content (AvgIpc) is 3.42. The fourth-order valence-electron chi connectivity index (χ4n) is 4.67. The lowest BCUT2D eigenvalue weighted by atomic mass is 9.98. The summed E-state index contributed by atoms with van der Waals surface area (Å²) in [7, 11) is 0. The van der Waals surface area contributed by atoms with E-state index in [4.69, 9.17) is 0 Å². The molecule has 4 aromatic carbocycles. The van der Waals surface area contributed by atoms with Gasteiger partial charge in [0.2, 0.25) is 5.91 Å². The zero-order valence-corrected chi connectivity index (χ0v) is 23.6. The topological polar surface area (TPSA) is 59.8 Å². The van der Waals surface area contributed by atoms with Crippen molar-refractivity contribution in [3.05, 3.63) is 132 Å². The Bertz CT molecular complexity index is 1490. The fraction of sp³-hybridized carbons (Fsp3) is 0.206. The molecule has 5 nitrogen and oxygen atoms in total. The van der Waals surface area contributed by atoms with Crippen LogP contribution in [0, 0.1) is 6.92 Å². The smallest absolute Gasteiger partial charge is 0.220 e. The lowest BCUT2D eigenvalue weighted by molar-refractivity contribution is -0.121. The van der Waals surface area contributed by atoms with Gasteiger partial charge >= 0.3 is 0 Å². The number of rotatable bonds is 12. The zero-order chi connectivity index (χ0) is 27.6. The van der Waals surface area contributed by atoms with Crippen LogP contribution in [0.15, 0.2) is 120 Å². The molecule has 1 amide bonds. The van der Waals surface area contributed by atoms with E-state index in [-0.39, 0.29) is 11.9 Å². The number of nitrogens with zero attached hydrogens (tertiary/aromatic N) is 3. The molecule has 0 radical (unpaired) electrons. The fourth-order valence-corrected chi connectivity index (χ4v) is 5.62. The van der Waals surface area contributed by atoms with E-state index in [1.807, 2.05) is 54.6 Å². The predicted molar refractivity (Wildman–Crippen MR) is 164 cm³/mol. The molecular formula is C34H34N4OS. The molecule has 6 heteroatoms. The summed E-state index contributed by atoms with van der Waals surface area (Å²) in [6.45, 7) is 2.08. The number of carbonyl (C=O) groups excluding carboxylic acids is 1. The molecule has 5 rings (SSSR count). The minimum absolute atomic E-state index is 0.0462. The van der Waals surface area contributed by atoms with Gasteiger partial charge in [-0.3, -0.25) is 9.36 Å². The Morgan fingerprint density at radius 1 is 0.800 bits per heavy atom. The summed E-state index contributed by atoms with van der Waals surface area (Å²) in [6.07, 6.45) is 2.99. The standard InChI is InChI=1S/C34H34N4OS/c1-26-20-22-29(23-21-26)33-36-37-34(38(33)30-17-9-4-10-18-30)40-24-12-11-19-32(39)35-31(28-15-7-3-8-16-28)25-27-13-5-2-6-14-27/h2-10,13-18,20-23,31H,11-12,19,24-25H2,1H3,(H,35,39). The Balaban J connectivity index is 1.18. The number of carbonyl (C=O) groups is 1. The minimum atomic E-state index is -0.0462. The third kappa shape index (κ3) is 7.27. The summed E-state index contributed by atoms with van der Waals surface area (Å²) in [5.74, 6) is 1.78.